The van der Waals surface area contributed by atoms with Gasteiger partial charge in [0.15, 0.2) is 5.78 Å². The first kappa shape index (κ1) is 9.68. The van der Waals surface area contributed by atoms with Gasteiger partial charge in [0.05, 0.1) is 5.33 Å². The van der Waals surface area contributed by atoms with Crippen molar-refractivity contribution in [2.75, 3.05) is 5.33 Å². The zero-order chi connectivity index (χ0) is 9.14. The summed E-state index contributed by atoms with van der Waals surface area (Å²) in [5.41, 5.74) is 1.41. The molecule has 0 aliphatic rings. The van der Waals surface area contributed by atoms with Crippen molar-refractivity contribution in [3.63, 3.8) is 0 Å². The second-order valence-electron chi connectivity index (χ2n) is 2.39. The summed E-state index contributed by atoms with van der Waals surface area (Å²) in [5, 5.41) is 0.761. The molecule has 0 N–H and O–H groups in total. The molecule has 0 amide bonds. The number of carbonyl (C=O) groups excluding carboxylic acids is 1. The van der Waals surface area contributed by atoms with E-state index in [1.54, 1.807) is 6.07 Å². The van der Waals surface area contributed by atoms with E-state index in [0.29, 0.717) is 16.0 Å². The normalized spacial score (nSPS) is 9.92. The van der Waals surface area contributed by atoms with Crippen LogP contribution < -0.4 is 0 Å². The first-order valence-electron chi connectivity index (χ1n) is 3.36. The van der Waals surface area contributed by atoms with E-state index in [0.717, 1.165) is 5.56 Å². The summed E-state index contributed by atoms with van der Waals surface area (Å²) < 4.78 is 0. The summed E-state index contributed by atoms with van der Waals surface area (Å²) >= 11 is 8.78. The van der Waals surface area contributed by atoms with Crippen LogP contribution in [0.5, 0.6) is 0 Å². The van der Waals surface area contributed by atoms with Crippen molar-refractivity contribution in [3.8, 4) is 0 Å². The molecular weight excluding hydrogens is 241 g/mol. The molecule has 1 heterocycles. The van der Waals surface area contributed by atoms with Crippen molar-refractivity contribution < 1.29 is 4.79 Å². The second-order valence-corrected chi connectivity index (χ2v) is 3.31. The smallest absolute Gasteiger partial charge is 0.174 e. The van der Waals surface area contributed by atoms with Gasteiger partial charge in [0.2, 0.25) is 0 Å². The van der Waals surface area contributed by atoms with Crippen LogP contribution in [0.15, 0.2) is 12.3 Å². The number of rotatable bonds is 2. The molecule has 0 atom stereocenters. The van der Waals surface area contributed by atoms with Gasteiger partial charge in [0, 0.05) is 11.8 Å². The SMILES string of the molecule is Cc1cc(C(=O)CBr)cnc1Cl. The monoisotopic (exact) mass is 247 g/mol. The van der Waals surface area contributed by atoms with Gasteiger partial charge in [-0.25, -0.2) is 4.98 Å². The summed E-state index contributed by atoms with van der Waals surface area (Å²) in [5.74, 6) is 0.0160. The van der Waals surface area contributed by atoms with Gasteiger partial charge < -0.3 is 0 Å². The summed E-state index contributed by atoms with van der Waals surface area (Å²) in [6, 6.07) is 1.74. The molecule has 0 saturated heterocycles. The van der Waals surface area contributed by atoms with E-state index in [9.17, 15) is 4.79 Å². The van der Waals surface area contributed by atoms with Crippen molar-refractivity contribution in [3.05, 3.63) is 28.5 Å². The molecule has 0 radical (unpaired) electrons. The van der Waals surface area contributed by atoms with Crippen LogP contribution in [0.25, 0.3) is 0 Å². The third kappa shape index (κ3) is 2.05. The van der Waals surface area contributed by atoms with Crippen LogP contribution in [0, 0.1) is 6.92 Å². The highest BCUT2D eigenvalue weighted by molar-refractivity contribution is 9.09. The molecule has 1 rings (SSSR count). The van der Waals surface area contributed by atoms with Gasteiger partial charge in [0.25, 0.3) is 0 Å². The van der Waals surface area contributed by atoms with Crippen LogP contribution >= 0.6 is 27.5 Å². The quantitative estimate of drug-likeness (QED) is 0.457. The maximum absolute atomic E-state index is 11.1. The van der Waals surface area contributed by atoms with E-state index < -0.39 is 0 Å². The molecule has 0 saturated carbocycles. The lowest BCUT2D eigenvalue weighted by molar-refractivity contribution is 0.102. The van der Waals surface area contributed by atoms with Gasteiger partial charge in [-0.2, -0.15) is 0 Å². The number of carbonyl (C=O) groups is 1. The summed E-state index contributed by atoms with van der Waals surface area (Å²) in [6.45, 7) is 1.82. The fourth-order valence-electron chi connectivity index (χ4n) is 0.788. The lowest BCUT2D eigenvalue weighted by atomic mass is 10.2. The molecule has 0 fully saturated rings. The van der Waals surface area contributed by atoms with Gasteiger partial charge in [-0.05, 0) is 18.6 Å². The van der Waals surface area contributed by atoms with Crippen molar-refractivity contribution in [2.45, 2.75) is 6.92 Å². The van der Waals surface area contributed by atoms with E-state index in [4.69, 9.17) is 11.6 Å². The van der Waals surface area contributed by atoms with Gasteiger partial charge in [-0.1, -0.05) is 27.5 Å². The van der Waals surface area contributed by atoms with E-state index >= 15 is 0 Å². The van der Waals surface area contributed by atoms with Gasteiger partial charge >= 0.3 is 0 Å². The Morgan fingerprint density at radius 2 is 2.42 bits per heavy atom. The number of aromatic nitrogens is 1. The highest BCUT2D eigenvalue weighted by Gasteiger charge is 2.05. The van der Waals surface area contributed by atoms with Crippen molar-refractivity contribution in [1.29, 1.82) is 0 Å². The number of alkyl halides is 1. The highest BCUT2D eigenvalue weighted by atomic mass is 79.9. The van der Waals surface area contributed by atoms with Crippen LogP contribution in [0.4, 0.5) is 0 Å². The van der Waals surface area contributed by atoms with E-state index in [-0.39, 0.29) is 5.78 Å². The van der Waals surface area contributed by atoms with Gasteiger partial charge in [-0.15, -0.1) is 0 Å². The Balaban J connectivity index is 3.05. The Morgan fingerprint density at radius 1 is 1.75 bits per heavy atom. The molecule has 0 aromatic carbocycles. The number of hydrogen-bond acceptors (Lipinski definition) is 2. The molecule has 0 aliphatic carbocycles. The Bertz CT molecular complexity index is 314. The van der Waals surface area contributed by atoms with Crippen LogP contribution in [-0.2, 0) is 0 Å². The van der Waals surface area contributed by atoms with E-state index in [1.165, 1.54) is 6.20 Å². The largest absolute Gasteiger partial charge is 0.293 e. The second kappa shape index (κ2) is 4.01. The number of ketones is 1. The third-order valence-corrected chi connectivity index (χ3v) is 2.36. The third-order valence-electron chi connectivity index (χ3n) is 1.46. The standard InChI is InChI=1S/C8H7BrClNO/c1-5-2-6(7(12)3-9)4-11-8(5)10/h2,4H,3H2,1H3. The first-order valence-corrected chi connectivity index (χ1v) is 4.86. The van der Waals surface area contributed by atoms with E-state index in [2.05, 4.69) is 20.9 Å². The first-order chi connectivity index (χ1) is 5.65. The number of nitrogens with zero attached hydrogens (tertiary/aromatic N) is 1. The number of halogens is 2. The van der Waals surface area contributed by atoms with Crippen molar-refractivity contribution in [2.24, 2.45) is 0 Å². The molecule has 1 aromatic heterocycles. The molecule has 64 valence electrons. The lowest BCUT2D eigenvalue weighted by Gasteiger charge is -1.99. The molecule has 1 aromatic rings. The fourth-order valence-corrected chi connectivity index (χ4v) is 1.21. The molecule has 0 aliphatic heterocycles. The Morgan fingerprint density at radius 3 is 2.92 bits per heavy atom. The maximum atomic E-state index is 11.1. The van der Waals surface area contributed by atoms with Crippen LogP contribution in [0.2, 0.25) is 5.15 Å². The minimum absolute atomic E-state index is 0.0160. The molecular formula is C8H7BrClNO. The highest BCUT2D eigenvalue weighted by Crippen LogP contribution is 2.13. The van der Waals surface area contributed by atoms with Crippen molar-refractivity contribution in [1.82, 2.24) is 4.98 Å². The van der Waals surface area contributed by atoms with E-state index in [1.807, 2.05) is 6.92 Å². The molecule has 0 bridgehead atoms. The topological polar surface area (TPSA) is 30.0 Å². The number of aryl methyl sites for hydroxylation is 1. The average molecular weight is 249 g/mol. The lowest BCUT2D eigenvalue weighted by Crippen LogP contribution is -2.01. The average Bonchev–Trinajstić information content (AvgIpc) is 2.08. The van der Waals surface area contributed by atoms with Crippen LogP contribution in [0.3, 0.4) is 0 Å². The van der Waals surface area contributed by atoms with Crippen molar-refractivity contribution >= 4 is 33.3 Å². The Kier molecular flexibility index (Phi) is 3.23. The molecule has 2 nitrogen and oxygen atoms in total. The van der Waals surface area contributed by atoms with Crippen LogP contribution in [-0.4, -0.2) is 16.1 Å². The zero-order valence-electron chi connectivity index (χ0n) is 6.47. The molecule has 0 spiro atoms. The fraction of sp³-hybridized carbons (Fsp3) is 0.250. The Hall–Kier alpha value is -0.410. The maximum Gasteiger partial charge on any atom is 0.174 e. The Labute approximate surface area is 84.1 Å². The predicted molar refractivity (Wildman–Crippen MR) is 52.1 cm³/mol. The zero-order valence-corrected chi connectivity index (χ0v) is 8.82. The molecule has 4 heteroatoms. The minimum atomic E-state index is 0.0160. The van der Waals surface area contributed by atoms with Gasteiger partial charge in [-0.3, -0.25) is 4.79 Å². The molecule has 0 unspecified atom stereocenters. The summed E-state index contributed by atoms with van der Waals surface area (Å²) in [6.07, 6.45) is 1.49. The summed E-state index contributed by atoms with van der Waals surface area (Å²) in [4.78, 5) is 15.0. The summed E-state index contributed by atoms with van der Waals surface area (Å²) in [7, 11) is 0. The predicted octanol–water partition coefficient (Wildman–Crippen LogP) is 2.62. The molecule has 12 heavy (non-hydrogen) atoms. The number of Topliss-reactive ketones (excluding diaryl/α,β-unsaturated/α-hetero) is 1. The van der Waals surface area contributed by atoms with Gasteiger partial charge in [0.1, 0.15) is 5.15 Å². The minimum Gasteiger partial charge on any atom is -0.293 e. The van der Waals surface area contributed by atoms with Crippen LogP contribution in [0.1, 0.15) is 15.9 Å². The number of hydrogen-bond donors (Lipinski definition) is 0. The number of pyridine rings is 1.